The van der Waals surface area contributed by atoms with E-state index in [-0.39, 0.29) is 0 Å². The number of fused-ring (bicyclic) bond motifs is 1. The highest BCUT2D eigenvalue weighted by molar-refractivity contribution is 5.85. The molecule has 0 spiro atoms. The zero-order valence-corrected chi connectivity index (χ0v) is 13.2. The molecular weight excluding hydrogens is 304 g/mol. The summed E-state index contributed by atoms with van der Waals surface area (Å²) < 4.78 is 12.9. The van der Waals surface area contributed by atoms with Crippen molar-refractivity contribution in [3.8, 4) is 17.2 Å². The molecule has 0 saturated carbocycles. The molecule has 1 aromatic carbocycles. The lowest BCUT2D eigenvalue weighted by Crippen LogP contribution is -2.00. The van der Waals surface area contributed by atoms with Crippen molar-refractivity contribution in [1.82, 2.24) is 19.5 Å². The first kappa shape index (κ1) is 14.4. The molecule has 0 radical (unpaired) electrons. The average Bonchev–Trinajstić information content (AvgIpc) is 3.27. The Labute approximate surface area is 138 Å². The van der Waals surface area contributed by atoms with Crippen molar-refractivity contribution in [2.75, 3.05) is 6.61 Å². The van der Waals surface area contributed by atoms with Crippen LogP contribution < -0.4 is 4.74 Å². The lowest BCUT2D eigenvalue weighted by atomic mass is 10.2. The molecule has 0 atom stereocenters. The van der Waals surface area contributed by atoms with E-state index in [2.05, 4.69) is 15.0 Å². The molecule has 0 aliphatic heterocycles. The third-order valence-electron chi connectivity index (χ3n) is 3.74. The van der Waals surface area contributed by atoms with E-state index in [1.54, 1.807) is 12.6 Å². The quantitative estimate of drug-likeness (QED) is 0.563. The number of hydrogen-bond donors (Lipinski definition) is 0. The van der Waals surface area contributed by atoms with Gasteiger partial charge in [-0.15, -0.1) is 0 Å². The third kappa shape index (κ3) is 2.62. The topological polar surface area (TPSA) is 66.0 Å². The molecule has 0 unspecified atom stereocenters. The number of aromatic nitrogens is 4. The minimum atomic E-state index is 0.665. The van der Waals surface area contributed by atoms with E-state index in [0.29, 0.717) is 24.6 Å². The molecule has 4 aromatic rings. The lowest BCUT2D eigenvalue weighted by Gasteiger charge is -2.06. The number of ether oxygens (including phenoxy) is 1. The maximum Gasteiger partial charge on any atom is 0.164 e. The minimum absolute atomic E-state index is 0.665. The first-order chi connectivity index (χ1) is 11.8. The summed E-state index contributed by atoms with van der Waals surface area (Å²) in [6.45, 7) is 3.32. The molecule has 0 aliphatic carbocycles. The van der Waals surface area contributed by atoms with Gasteiger partial charge in [-0.3, -0.25) is 0 Å². The molecule has 120 valence electrons. The average molecular weight is 320 g/mol. The van der Waals surface area contributed by atoms with Gasteiger partial charge in [0.1, 0.15) is 23.3 Å². The van der Waals surface area contributed by atoms with Crippen LogP contribution in [0, 0.1) is 0 Å². The van der Waals surface area contributed by atoms with Crippen molar-refractivity contribution in [3.05, 3.63) is 60.9 Å². The summed E-state index contributed by atoms with van der Waals surface area (Å²) in [6, 6.07) is 11.7. The molecule has 24 heavy (non-hydrogen) atoms. The van der Waals surface area contributed by atoms with E-state index in [0.717, 1.165) is 22.5 Å². The summed E-state index contributed by atoms with van der Waals surface area (Å²) in [6.07, 6.45) is 4.94. The van der Waals surface area contributed by atoms with E-state index in [4.69, 9.17) is 9.15 Å². The Balaban J connectivity index is 1.67. The molecule has 6 nitrogen and oxygen atoms in total. The van der Waals surface area contributed by atoms with E-state index >= 15 is 0 Å². The molecule has 0 aliphatic rings. The highest BCUT2D eigenvalue weighted by atomic mass is 16.5. The van der Waals surface area contributed by atoms with Crippen LogP contribution in [0.15, 0.2) is 59.7 Å². The van der Waals surface area contributed by atoms with Crippen molar-refractivity contribution in [3.63, 3.8) is 0 Å². The SMILES string of the molecule is CCOc1ccc(Cn2cnc3c(-c4ccco4)ncnc32)cc1. The van der Waals surface area contributed by atoms with Crippen molar-refractivity contribution >= 4 is 11.2 Å². The van der Waals surface area contributed by atoms with Crippen LogP contribution in [0.5, 0.6) is 5.75 Å². The molecule has 0 amide bonds. The standard InChI is InChI=1S/C18H16N4O2/c1-2-23-14-7-5-13(6-8-14)10-22-12-21-17-16(15-4-3-9-24-15)19-11-20-18(17)22/h3-9,11-12H,2,10H2,1H3. The summed E-state index contributed by atoms with van der Waals surface area (Å²) in [7, 11) is 0. The van der Waals surface area contributed by atoms with Crippen LogP contribution in [-0.4, -0.2) is 26.1 Å². The van der Waals surface area contributed by atoms with Gasteiger partial charge in [-0.2, -0.15) is 0 Å². The normalized spacial score (nSPS) is 11.0. The Bertz CT molecular complexity index is 943. The van der Waals surface area contributed by atoms with Gasteiger partial charge >= 0.3 is 0 Å². The molecular formula is C18H16N4O2. The van der Waals surface area contributed by atoms with Crippen LogP contribution in [0.2, 0.25) is 0 Å². The Morgan fingerprint density at radius 3 is 2.71 bits per heavy atom. The fourth-order valence-corrected chi connectivity index (χ4v) is 2.64. The summed E-state index contributed by atoms with van der Waals surface area (Å²) in [5.74, 6) is 1.56. The first-order valence-corrected chi connectivity index (χ1v) is 7.76. The molecule has 0 fully saturated rings. The predicted octanol–water partition coefficient (Wildman–Crippen LogP) is 3.53. The molecule has 6 heteroatoms. The smallest absolute Gasteiger partial charge is 0.164 e. The first-order valence-electron chi connectivity index (χ1n) is 7.76. The molecule has 3 heterocycles. The predicted molar refractivity (Wildman–Crippen MR) is 89.7 cm³/mol. The van der Waals surface area contributed by atoms with Crippen LogP contribution in [0.3, 0.4) is 0 Å². The second kappa shape index (κ2) is 6.16. The Hall–Kier alpha value is -3.15. The molecule has 0 saturated heterocycles. The van der Waals surface area contributed by atoms with Gasteiger partial charge in [0.2, 0.25) is 0 Å². The van der Waals surface area contributed by atoms with Crippen LogP contribution in [0.1, 0.15) is 12.5 Å². The fraction of sp³-hybridized carbons (Fsp3) is 0.167. The number of hydrogen-bond acceptors (Lipinski definition) is 5. The van der Waals surface area contributed by atoms with E-state index in [1.807, 2.05) is 47.9 Å². The summed E-state index contributed by atoms with van der Waals surface area (Å²) in [5, 5.41) is 0. The largest absolute Gasteiger partial charge is 0.494 e. The summed E-state index contributed by atoms with van der Waals surface area (Å²) >= 11 is 0. The number of furan rings is 1. The number of nitrogens with zero attached hydrogens (tertiary/aromatic N) is 4. The van der Waals surface area contributed by atoms with Crippen LogP contribution >= 0.6 is 0 Å². The maximum atomic E-state index is 5.47. The minimum Gasteiger partial charge on any atom is -0.494 e. The fourth-order valence-electron chi connectivity index (χ4n) is 2.64. The van der Waals surface area contributed by atoms with Crippen LogP contribution in [-0.2, 0) is 6.54 Å². The Morgan fingerprint density at radius 1 is 1.08 bits per heavy atom. The van der Waals surface area contributed by atoms with Gasteiger partial charge in [-0.25, -0.2) is 15.0 Å². The zero-order chi connectivity index (χ0) is 16.4. The van der Waals surface area contributed by atoms with Crippen LogP contribution in [0.25, 0.3) is 22.6 Å². The second-order valence-corrected chi connectivity index (χ2v) is 5.32. The van der Waals surface area contributed by atoms with E-state index < -0.39 is 0 Å². The van der Waals surface area contributed by atoms with Crippen molar-refractivity contribution in [2.45, 2.75) is 13.5 Å². The van der Waals surface area contributed by atoms with Crippen molar-refractivity contribution in [1.29, 1.82) is 0 Å². The highest BCUT2D eigenvalue weighted by Crippen LogP contribution is 2.24. The van der Waals surface area contributed by atoms with Gasteiger partial charge in [-0.05, 0) is 36.8 Å². The maximum absolute atomic E-state index is 5.47. The number of benzene rings is 1. The number of imidazole rings is 1. The Kier molecular flexibility index (Phi) is 3.70. The molecule has 0 bridgehead atoms. The lowest BCUT2D eigenvalue weighted by molar-refractivity contribution is 0.340. The van der Waals surface area contributed by atoms with E-state index in [9.17, 15) is 0 Å². The molecule has 4 rings (SSSR count). The number of rotatable bonds is 5. The monoisotopic (exact) mass is 320 g/mol. The molecule has 3 aromatic heterocycles. The summed E-state index contributed by atoms with van der Waals surface area (Å²) in [4.78, 5) is 13.2. The van der Waals surface area contributed by atoms with Gasteiger partial charge in [0.15, 0.2) is 11.4 Å². The zero-order valence-electron chi connectivity index (χ0n) is 13.2. The molecule has 0 N–H and O–H groups in total. The van der Waals surface area contributed by atoms with Gasteiger partial charge < -0.3 is 13.7 Å². The van der Waals surface area contributed by atoms with E-state index in [1.165, 1.54) is 6.33 Å². The van der Waals surface area contributed by atoms with Crippen molar-refractivity contribution in [2.24, 2.45) is 0 Å². The van der Waals surface area contributed by atoms with Gasteiger partial charge in [0, 0.05) is 0 Å². The van der Waals surface area contributed by atoms with Crippen LogP contribution in [0.4, 0.5) is 0 Å². The van der Waals surface area contributed by atoms with Gasteiger partial charge in [0.25, 0.3) is 0 Å². The Morgan fingerprint density at radius 2 is 1.96 bits per heavy atom. The summed E-state index contributed by atoms with van der Waals surface area (Å²) in [5.41, 5.74) is 3.37. The van der Waals surface area contributed by atoms with Crippen molar-refractivity contribution < 1.29 is 9.15 Å². The highest BCUT2D eigenvalue weighted by Gasteiger charge is 2.13. The van der Waals surface area contributed by atoms with Gasteiger partial charge in [0.05, 0.1) is 25.7 Å². The third-order valence-corrected chi connectivity index (χ3v) is 3.74. The van der Waals surface area contributed by atoms with Gasteiger partial charge in [-0.1, -0.05) is 12.1 Å². The second-order valence-electron chi connectivity index (χ2n) is 5.32.